The normalized spacial score (nSPS) is 35.4. The fourth-order valence-corrected chi connectivity index (χ4v) is 4.08. The van der Waals surface area contributed by atoms with Crippen LogP contribution in [-0.2, 0) is 23.8 Å². The summed E-state index contributed by atoms with van der Waals surface area (Å²) in [6.45, 7) is 7.89. The van der Waals surface area contributed by atoms with Gasteiger partial charge >= 0.3 is 11.9 Å². The largest absolute Gasteiger partial charge is 0.459 e. The average molecular weight is 330 g/mol. The summed E-state index contributed by atoms with van der Waals surface area (Å²) in [7, 11) is 0. The van der Waals surface area contributed by atoms with Crippen molar-refractivity contribution in [2.45, 2.75) is 64.8 Å². The molecule has 3 unspecified atom stereocenters. The summed E-state index contributed by atoms with van der Waals surface area (Å²) in [5, 5.41) is 0. The number of esters is 2. The maximum absolute atomic E-state index is 12.3. The van der Waals surface area contributed by atoms with Crippen LogP contribution in [0.3, 0.4) is 0 Å². The summed E-state index contributed by atoms with van der Waals surface area (Å²) < 4.78 is 16.2. The number of hydrogen-bond donors (Lipinski definition) is 0. The molecule has 1 heterocycles. The molecule has 2 fully saturated rings. The summed E-state index contributed by atoms with van der Waals surface area (Å²) in [6, 6.07) is 0. The van der Waals surface area contributed by atoms with Gasteiger partial charge in [0.2, 0.25) is 11.7 Å². The van der Waals surface area contributed by atoms with Crippen molar-refractivity contribution < 1.29 is 23.8 Å². The lowest BCUT2D eigenvalue weighted by Crippen LogP contribution is -2.38. The van der Waals surface area contributed by atoms with Gasteiger partial charge in [0.25, 0.3) is 0 Å². The van der Waals surface area contributed by atoms with E-state index in [1.807, 2.05) is 0 Å². The molecule has 1 saturated heterocycles. The minimum absolute atomic E-state index is 0.0341. The molecule has 1 aliphatic heterocycles. The number of carbonyl (C=O) groups is 2. The minimum Gasteiger partial charge on any atom is -0.459 e. The predicted octanol–water partition coefficient (Wildman–Crippen LogP) is 2.97. The third kappa shape index (κ3) is 4.62. The van der Waals surface area contributed by atoms with Crippen molar-refractivity contribution in [3.05, 3.63) is 0 Å². The number of ether oxygens (including phenoxy) is 3. The zero-order valence-corrected chi connectivity index (χ0v) is 14.6. The third-order valence-electron chi connectivity index (χ3n) is 4.38. The van der Waals surface area contributed by atoms with Crippen molar-refractivity contribution in [3.8, 4) is 0 Å². The van der Waals surface area contributed by atoms with Crippen LogP contribution in [0.2, 0.25) is 0 Å². The molecule has 0 N–H and O–H groups in total. The second-order valence-electron chi connectivity index (χ2n) is 6.64. The Hall–Kier alpha value is -0.750. The van der Waals surface area contributed by atoms with E-state index in [0.29, 0.717) is 23.5 Å². The van der Waals surface area contributed by atoms with Crippen LogP contribution in [0.4, 0.5) is 0 Å². The molecule has 22 heavy (non-hydrogen) atoms. The van der Waals surface area contributed by atoms with Crippen molar-refractivity contribution >= 4 is 23.7 Å². The number of thioether (sulfide) groups is 1. The smallest absolute Gasteiger partial charge is 0.346 e. The molecule has 0 spiro atoms. The average Bonchev–Trinajstić information content (AvgIpc) is 2.86. The van der Waals surface area contributed by atoms with Crippen LogP contribution in [0.5, 0.6) is 0 Å². The molecule has 0 amide bonds. The molecule has 0 aromatic carbocycles. The van der Waals surface area contributed by atoms with Crippen LogP contribution in [0.25, 0.3) is 0 Å². The minimum atomic E-state index is -0.686. The summed E-state index contributed by atoms with van der Waals surface area (Å²) in [6.07, 6.45) is 2.53. The van der Waals surface area contributed by atoms with Crippen molar-refractivity contribution in [1.82, 2.24) is 0 Å². The second kappa shape index (κ2) is 7.68. The zero-order chi connectivity index (χ0) is 16.3. The Morgan fingerprint density at radius 2 is 1.95 bits per heavy atom. The lowest BCUT2D eigenvalue weighted by Gasteiger charge is -2.37. The summed E-state index contributed by atoms with van der Waals surface area (Å²) in [5.41, 5.74) is -0.686. The van der Waals surface area contributed by atoms with Gasteiger partial charge in [-0.05, 0) is 30.6 Å². The summed E-state index contributed by atoms with van der Waals surface area (Å²) in [4.78, 5) is 23.2. The van der Waals surface area contributed by atoms with Crippen molar-refractivity contribution in [1.29, 1.82) is 0 Å². The number of carbonyl (C=O) groups excluding carboxylic acids is 2. The molecule has 0 aromatic rings. The molecule has 0 bridgehead atoms. The SMILES string of the molecule is CC(=O)OC1CS[C@H](C(=O)OC2CC(C)CC[C@H]2C(C)C)O1. The van der Waals surface area contributed by atoms with E-state index in [1.54, 1.807) is 0 Å². The summed E-state index contributed by atoms with van der Waals surface area (Å²) >= 11 is 1.33. The lowest BCUT2D eigenvalue weighted by atomic mass is 9.75. The van der Waals surface area contributed by atoms with Gasteiger partial charge < -0.3 is 14.2 Å². The molecule has 6 heteroatoms. The van der Waals surface area contributed by atoms with Gasteiger partial charge in [-0.2, -0.15) is 0 Å². The van der Waals surface area contributed by atoms with Crippen molar-refractivity contribution in [2.24, 2.45) is 17.8 Å². The van der Waals surface area contributed by atoms with E-state index < -0.39 is 17.7 Å². The molecular weight excluding hydrogens is 304 g/mol. The molecule has 1 saturated carbocycles. The molecule has 2 rings (SSSR count). The predicted molar refractivity (Wildman–Crippen MR) is 84.1 cm³/mol. The van der Waals surface area contributed by atoms with E-state index >= 15 is 0 Å². The molecule has 5 nitrogen and oxygen atoms in total. The first-order chi connectivity index (χ1) is 10.4. The van der Waals surface area contributed by atoms with Crippen LogP contribution in [0.1, 0.15) is 47.0 Å². The highest BCUT2D eigenvalue weighted by molar-refractivity contribution is 8.00. The molecule has 0 aromatic heterocycles. The quantitative estimate of drug-likeness (QED) is 0.739. The van der Waals surface area contributed by atoms with Gasteiger partial charge in [-0.3, -0.25) is 4.79 Å². The van der Waals surface area contributed by atoms with Gasteiger partial charge in [0.05, 0.1) is 5.75 Å². The maximum atomic E-state index is 12.3. The fraction of sp³-hybridized carbons (Fsp3) is 0.875. The van der Waals surface area contributed by atoms with E-state index in [9.17, 15) is 9.59 Å². The van der Waals surface area contributed by atoms with E-state index in [-0.39, 0.29) is 12.1 Å². The Morgan fingerprint density at radius 3 is 2.59 bits per heavy atom. The molecule has 126 valence electrons. The second-order valence-corrected chi connectivity index (χ2v) is 7.74. The van der Waals surface area contributed by atoms with E-state index in [1.165, 1.54) is 25.1 Å². The van der Waals surface area contributed by atoms with Crippen LogP contribution >= 0.6 is 11.8 Å². The first kappa shape index (κ1) is 17.6. The highest BCUT2D eigenvalue weighted by Crippen LogP contribution is 2.36. The van der Waals surface area contributed by atoms with E-state index in [0.717, 1.165) is 12.8 Å². The first-order valence-corrected chi connectivity index (χ1v) is 9.06. The van der Waals surface area contributed by atoms with E-state index in [2.05, 4.69) is 20.8 Å². The maximum Gasteiger partial charge on any atom is 0.346 e. The zero-order valence-electron chi connectivity index (χ0n) is 13.7. The molecular formula is C16H26O5S. The van der Waals surface area contributed by atoms with Crippen molar-refractivity contribution in [3.63, 3.8) is 0 Å². The Bertz CT molecular complexity index is 411. The highest BCUT2D eigenvalue weighted by Gasteiger charge is 2.39. The monoisotopic (exact) mass is 330 g/mol. The number of hydrogen-bond acceptors (Lipinski definition) is 6. The molecule has 5 atom stereocenters. The molecule has 2 aliphatic rings. The Morgan fingerprint density at radius 1 is 1.23 bits per heavy atom. The van der Waals surface area contributed by atoms with E-state index in [4.69, 9.17) is 14.2 Å². The molecule has 1 aliphatic carbocycles. The van der Waals surface area contributed by atoms with Crippen LogP contribution < -0.4 is 0 Å². The Balaban J connectivity index is 1.88. The Labute approximate surface area is 136 Å². The van der Waals surface area contributed by atoms with Gasteiger partial charge in [-0.25, -0.2) is 4.79 Å². The van der Waals surface area contributed by atoms with Gasteiger partial charge in [-0.1, -0.05) is 27.2 Å². The van der Waals surface area contributed by atoms with Crippen LogP contribution in [-0.4, -0.2) is 35.5 Å². The van der Waals surface area contributed by atoms with Gasteiger partial charge in [0.15, 0.2) is 0 Å². The molecule has 0 radical (unpaired) electrons. The van der Waals surface area contributed by atoms with Crippen molar-refractivity contribution in [2.75, 3.05) is 5.75 Å². The van der Waals surface area contributed by atoms with Crippen LogP contribution in [0, 0.1) is 17.8 Å². The summed E-state index contributed by atoms with van der Waals surface area (Å²) in [5.74, 6) is 1.21. The van der Waals surface area contributed by atoms with Crippen LogP contribution in [0.15, 0.2) is 0 Å². The highest BCUT2D eigenvalue weighted by atomic mass is 32.2. The standard InChI is InChI=1S/C16H26O5S/c1-9(2)12-6-5-10(3)7-13(12)20-15(18)16-21-14(8-22-16)19-11(4)17/h9-10,12-14,16H,5-8H2,1-4H3/t10?,12-,13?,14?,16+/m0/s1. The van der Waals surface area contributed by atoms with Gasteiger partial charge in [-0.15, -0.1) is 11.8 Å². The fourth-order valence-electron chi connectivity index (χ4n) is 3.21. The number of rotatable bonds is 4. The topological polar surface area (TPSA) is 61.8 Å². The van der Waals surface area contributed by atoms with Gasteiger partial charge in [0.1, 0.15) is 6.10 Å². The third-order valence-corrected chi connectivity index (χ3v) is 5.45. The Kier molecular flexibility index (Phi) is 6.15. The van der Waals surface area contributed by atoms with Gasteiger partial charge in [0, 0.05) is 6.92 Å². The first-order valence-electron chi connectivity index (χ1n) is 8.01. The lowest BCUT2D eigenvalue weighted by molar-refractivity contribution is -0.185.